The van der Waals surface area contributed by atoms with Crippen LogP contribution in [0.25, 0.3) is 0 Å². The number of rotatable bonds is 7. The van der Waals surface area contributed by atoms with Crippen molar-refractivity contribution in [3.8, 4) is 5.75 Å². The number of aryl methyl sites for hydroxylation is 1. The molecule has 0 unspecified atom stereocenters. The fraction of sp³-hybridized carbons (Fsp3) is 0.524. The molecule has 1 heterocycles. The van der Waals surface area contributed by atoms with E-state index < -0.39 is 0 Å². The molecule has 0 aliphatic rings. The van der Waals surface area contributed by atoms with Crippen molar-refractivity contribution in [1.29, 1.82) is 0 Å². The molecule has 0 bridgehead atoms. The van der Waals surface area contributed by atoms with Gasteiger partial charge in [-0.25, -0.2) is 9.98 Å². The van der Waals surface area contributed by atoms with Gasteiger partial charge in [-0.2, -0.15) is 0 Å². The number of nitrogens with one attached hydrogen (secondary N) is 2. The van der Waals surface area contributed by atoms with Crippen LogP contribution in [0.4, 0.5) is 0 Å². The first-order valence-electron chi connectivity index (χ1n) is 9.44. The van der Waals surface area contributed by atoms with E-state index in [1.807, 2.05) is 13.0 Å². The molecule has 0 aliphatic heterocycles. The molecule has 28 heavy (non-hydrogen) atoms. The van der Waals surface area contributed by atoms with Crippen molar-refractivity contribution >= 4 is 29.9 Å². The van der Waals surface area contributed by atoms with Gasteiger partial charge in [-0.05, 0) is 31.9 Å². The Morgan fingerprint density at radius 3 is 2.61 bits per heavy atom. The summed E-state index contributed by atoms with van der Waals surface area (Å²) in [6.07, 6.45) is 2.64. The van der Waals surface area contributed by atoms with Gasteiger partial charge in [-0.1, -0.05) is 38.5 Å². The summed E-state index contributed by atoms with van der Waals surface area (Å²) in [7, 11) is 1.70. The molecule has 0 saturated carbocycles. The predicted molar refractivity (Wildman–Crippen MR) is 125 cm³/mol. The normalized spacial score (nSPS) is 11.7. The van der Waals surface area contributed by atoms with E-state index in [-0.39, 0.29) is 29.4 Å². The maximum Gasteiger partial charge on any atom is 0.216 e. The molecule has 6 nitrogen and oxygen atoms in total. The minimum Gasteiger partial charge on any atom is -0.496 e. The number of aliphatic imine (C=N–C) groups is 1. The second-order valence-corrected chi connectivity index (χ2v) is 7.56. The Hall–Kier alpha value is -1.77. The molecule has 0 fully saturated rings. The summed E-state index contributed by atoms with van der Waals surface area (Å²) in [6, 6.07) is 6.23. The number of oxazole rings is 1. The van der Waals surface area contributed by atoms with Crippen molar-refractivity contribution in [3.05, 3.63) is 47.2 Å². The number of hydrogen-bond acceptors (Lipinski definition) is 4. The third-order valence-electron chi connectivity index (χ3n) is 4.13. The van der Waals surface area contributed by atoms with E-state index in [4.69, 9.17) is 9.15 Å². The molecule has 0 aliphatic carbocycles. The topological polar surface area (TPSA) is 71.7 Å². The fourth-order valence-electron chi connectivity index (χ4n) is 2.64. The van der Waals surface area contributed by atoms with Crippen molar-refractivity contribution in [3.63, 3.8) is 0 Å². The predicted octanol–water partition coefficient (Wildman–Crippen LogP) is 4.20. The highest BCUT2D eigenvalue weighted by molar-refractivity contribution is 14.0. The molecule has 2 aromatic rings. The minimum atomic E-state index is -0.0510. The molecule has 0 spiro atoms. The third kappa shape index (κ3) is 7.33. The quantitative estimate of drug-likeness (QED) is 0.339. The van der Waals surface area contributed by atoms with Gasteiger partial charge in [0.1, 0.15) is 18.1 Å². The summed E-state index contributed by atoms with van der Waals surface area (Å²) in [6.45, 7) is 12.4. The Morgan fingerprint density at radius 1 is 1.25 bits per heavy atom. The molecule has 2 N–H and O–H groups in total. The van der Waals surface area contributed by atoms with Crippen molar-refractivity contribution in [1.82, 2.24) is 15.6 Å². The van der Waals surface area contributed by atoms with Crippen LogP contribution < -0.4 is 15.4 Å². The van der Waals surface area contributed by atoms with Gasteiger partial charge in [0.05, 0.1) is 13.3 Å². The van der Waals surface area contributed by atoms with E-state index in [1.165, 1.54) is 11.1 Å². The SMILES string of the molecule is CCNC(=NCc1ncc(C(C)(C)C)o1)NCCc1cc(C)ccc1OC.I. The largest absolute Gasteiger partial charge is 0.496 e. The number of ether oxygens (including phenoxy) is 1. The third-order valence-corrected chi connectivity index (χ3v) is 4.13. The van der Waals surface area contributed by atoms with E-state index in [9.17, 15) is 0 Å². The summed E-state index contributed by atoms with van der Waals surface area (Å²) in [4.78, 5) is 8.91. The van der Waals surface area contributed by atoms with Crippen LogP contribution in [0.5, 0.6) is 5.75 Å². The Morgan fingerprint density at radius 2 is 2.00 bits per heavy atom. The van der Waals surface area contributed by atoms with Gasteiger partial charge in [-0.15, -0.1) is 24.0 Å². The molecule has 1 aromatic carbocycles. The highest BCUT2D eigenvalue weighted by Gasteiger charge is 2.19. The standard InChI is InChI=1S/C21H32N4O2.HI/c1-7-22-20(25-14-19-24-13-18(27-19)21(3,4)5)23-11-10-16-12-15(2)8-9-17(16)26-6;/h8-9,12-13H,7,10-11,14H2,1-6H3,(H2,22,23,25);1H. The summed E-state index contributed by atoms with van der Waals surface area (Å²) < 4.78 is 11.2. The number of hydrogen-bond donors (Lipinski definition) is 2. The molecule has 156 valence electrons. The highest BCUT2D eigenvalue weighted by Crippen LogP contribution is 2.23. The number of nitrogens with zero attached hydrogens (tertiary/aromatic N) is 2. The maximum atomic E-state index is 5.80. The lowest BCUT2D eigenvalue weighted by Gasteiger charge is -2.13. The van der Waals surface area contributed by atoms with Gasteiger partial charge < -0.3 is 19.8 Å². The Bertz CT molecular complexity index is 766. The second kappa shape index (κ2) is 11.3. The van der Waals surface area contributed by atoms with E-state index in [0.717, 1.165) is 37.0 Å². The van der Waals surface area contributed by atoms with Crippen molar-refractivity contribution in [2.45, 2.75) is 53.0 Å². The summed E-state index contributed by atoms with van der Waals surface area (Å²) in [5.74, 6) is 3.16. The summed E-state index contributed by atoms with van der Waals surface area (Å²) in [5.41, 5.74) is 2.36. The van der Waals surface area contributed by atoms with Crippen molar-refractivity contribution < 1.29 is 9.15 Å². The summed E-state index contributed by atoms with van der Waals surface area (Å²) >= 11 is 0. The van der Waals surface area contributed by atoms with Crippen LogP contribution in [0.15, 0.2) is 33.8 Å². The first-order chi connectivity index (χ1) is 12.8. The van der Waals surface area contributed by atoms with Crippen LogP contribution in [-0.2, 0) is 18.4 Å². The van der Waals surface area contributed by atoms with E-state index >= 15 is 0 Å². The lowest BCUT2D eigenvalue weighted by atomic mass is 9.94. The molecule has 0 atom stereocenters. The first-order valence-corrected chi connectivity index (χ1v) is 9.44. The van der Waals surface area contributed by atoms with Gasteiger partial charge in [0.25, 0.3) is 0 Å². The highest BCUT2D eigenvalue weighted by atomic mass is 127. The number of guanidine groups is 1. The van der Waals surface area contributed by atoms with Crippen LogP contribution in [0.1, 0.15) is 50.5 Å². The molecule has 0 saturated heterocycles. The average Bonchev–Trinajstić information content (AvgIpc) is 3.09. The smallest absolute Gasteiger partial charge is 0.216 e. The van der Waals surface area contributed by atoms with Gasteiger partial charge >= 0.3 is 0 Å². The zero-order chi connectivity index (χ0) is 19.9. The molecular formula is C21H33IN4O2. The van der Waals surface area contributed by atoms with Crippen LogP contribution in [0.2, 0.25) is 0 Å². The van der Waals surface area contributed by atoms with Crippen LogP contribution >= 0.6 is 24.0 Å². The lowest BCUT2D eigenvalue weighted by molar-refractivity contribution is 0.383. The zero-order valence-electron chi connectivity index (χ0n) is 17.8. The van der Waals surface area contributed by atoms with E-state index in [0.29, 0.717) is 12.4 Å². The Balaban J connectivity index is 0.00000392. The van der Waals surface area contributed by atoms with Gasteiger partial charge in [-0.3, -0.25) is 0 Å². The minimum absolute atomic E-state index is 0. The zero-order valence-corrected chi connectivity index (χ0v) is 20.1. The van der Waals surface area contributed by atoms with Gasteiger partial charge in [0.2, 0.25) is 5.89 Å². The average molecular weight is 500 g/mol. The molecule has 0 radical (unpaired) electrons. The molecule has 2 rings (SSSR count). The number of benzene rings is 1. The monoisotopic (exact) mass is 500 g/mol. The summed E-state index contributed by atoms with van der Waals surface area (Å²) in [5, 5.41) is 6.62. The number of methoxy groups -OCH3 is 1. The second-order valence-electron chi connectivity index (χ2n) is 7.56. The van der Waals surface area contributed by atoms with Crippen molar-refractivity contribution in [2.24, 2.45) is 4.99 Å². The van der Waals surface area contributed by atoms with Gasteiger partial charge in [0, 0.05) is 18.5 Å². The van der Waals surface area contributed by atoms with Crippen molar-refractivity contribution in [2.75, 3.05) is 20.2 Å². The molecule has 1 aromatic heterocycles. The fourth-order valence-corrected chi connectivity index (χ4v) is 2.64. The molecular weight excluding hydrogens is 467 g/mol. The van der Waals surface area contributed by atoms with E-state index in [1.54, 1.807) is 13.3 Å². The van der Waals surface area contributed by atoms with Crippen LogP contribution in [0.3, 0.4) is 0 Å². The Kier molecular flexibility index (Phi) is 9.78. The number of aromatic nitrogens is 1. The maximum absolute atomic E-state index is 5.80. The van der Waals surface area contributed by atoms with Crippen LogP contribution in [0, 0.1) is 6.92 Å². The van der Waals surface area contributed by atoms with Crippen LogP contribution in [-0.4, -0.2) is 31.1 Å². The van der Waals surface area contributed by atoms with Gasteiger partial charge in [0.15, 0.2) is 5.96 Å². The molecule has 0 amide bonds. The number of halogens is 1. The van der Waals surface area contributed by atoms with E-state index in [2.05, 4.69) is 60.4 Å². The Labute approximate surface area is 185 Å². The molecule has 7 heteroatoms. The lowest BCUT2D eigenvalue weighted by Crippen LogP contribution is -2.38. The first kappa shape index (κ1) is 24.3.